The van der Waals surface area contributed by atoms with E-state index in [1.54, 1.807) is 7.11 Å². The minimum absolute atomic E-state index is 0.145. The van der Waals surface area contributed by atoms with Crippen molar-refractivity contribution in [3.05, 3.63) is 41.6 Å². The average Bonchev–Trinajstić information content (AvgIpc) is 3.30. The highest BCUT2D eigenvalue weighted by Crippen LogP contribution is 2.47. The Balaban J connectivity index is 1.29. The molecule has 7 nitrogen and oxygen atoms in total. The number of methoxy groups -OCH3 is 1. The third kappa shape index (κ3) is 4.01. The Morgan fingerprint density at radius 3 is 2.59 bits per heavy atom. The number of nitrogens with zero attached hydrogens (tertiary/aromatic N) is 4. The fourth-order valence-corrected chi connectivity index (χ4v) is 4.53. The molecule has 1 spiro atoms. The van der Waals surface area contributed by atoms with Crippen LogP contribution in [0.1, 0.15) is 56.0 Å². The molecule has 7 heteroatoms. The number of hydrogen-bond acceptors (Lipinski definition) is 6. The molecule has 29 heavy (non-hydrogen) atoms. The van der Waals surface area contributed by atoms with Gasteiger partial charge in [0.05, 0.1) is 13.2 Å². The predicted octanol–water partition coefficient (Wildman–Crippen LogP) is 3.04. The minimum atomic E-state index is 0.145. The molecule has 156 valence electrons. The summed E-state index contributed by atoms with van der Waals surface area (Å²) in [5.41, 5.74) is 1.31. The lowest BCUT2D eigenvalue weighted by molar-refractivity contribution is -0.142. The van der Waals surface area contributed by atoms with Crippen LogP contribution in [0.4, 0.5) is 0 Å². The normalized spacial score (nSPS) is 21.0. The number of amides is 1. The Kier molecular flexibility index (Phi) is 5.34. The molecule has 2 saturated heterocycles. The van der Waals surface area contributed by atoms with Gasteiger partial charge in [-0.05, 0) is 37.6 Å². The Morgan fingerprint density at radius 2 is 1.97 bits per heavy atom. The number of hydrogen-bond donors (Lipinski definition) is 0. The maximum absolute atomic E-state index is 12.6. The van der Waals surface area contributed by atoms with Crippen LogP contribution in [0.25, 0.3) is 0 Å². The number of ether oxygens (including phenoxy) is 1. The van der Waals surface area contributed by atoms with Gasteiger partial charge in [0.15, 0.2) is 0 Å². The SMILES string of the molecule is COc1ccc(CCC(=O)N2CC3(CC(c4nnc(C(C)C)o4)N(C)C3)C2)cc1. The fourth-order valence-electron chi connectivity index (χ4n) is 4.53. The molecule has 1 amide bonds. The summed E-state index contributed by atoms with van der Waals surface area (Å²) in [7, 11) is 3.76. The van der Waals surface area contributed by atoms with Crippen LogP contribution >= 0.6 is 0 Å². The van der Waals surface area contributed by atoms with Gasteiger partial charge in [-0.3, -0.25) is 9.69 Å². The summed E-state index contributed by atoms with van der Waals surface area (Å²) >= 11 is 0. The van der Waals surface area contributed by atoms with Crippen molar-refractivity contribution in [1.29, 1.82) is 0 Å². The molecular weight excluding hydrogens is 368 g/mol. The van der Waals surface area contributed by atoms with Crippen molar-refractivity contribution in [2.24, 2.45) is 5.41 Å². The first-order valence-corrected chi connectivity index (χ1v) is 10.3. The molecule has 2 aliphatic rings. The van der Waals surface area contributed by atoms with Crippen molar-refractivity contribution < 1.29 is 13.9 Å². The Morgan fingerprint density at radius 1 is 1.24 bits per heavy atom. The summed E-state index contributed by atoms with van der Waals surface area (Å²) in [6, 6.07) is 8.07. The smallest absolute Gasteiger partial charge is 0.233 e. The van der Waals surface area contributed by atoms with E-state index in [0.29, 0.717) is 18.2 Å². The van der Waals surface area contributed by atoms with Gasteiger partial charge in [-0.2, -0.15) is 0 Å². The molecular formula is C22H30N4O3. The van der Waals surface area contributed by atoms with Crippen LogP contribution in [0.15, 0.2) is 28.7 Å². The lowest BCUT2D eigenvalue weighted by atomic mass is 9.77. The molecule has 0 saturated carbocycles. The second-order valence-electron chi connectivity index (χ2n) is 8.87. The zero-order valence-electron chi connectivity index (χ0n) is 17.7. The first-order chi connectivity index (χ1) is 13.9. The summed E-state index contributed by atoms with van der Waals surface area (Å²) in [5, 5.41) is 8.45. The van der Waals surface area contributed by atoms with Crippen molar-refractivity contribution in [3.8, 4) is 5.75 Å². The molecule has 1 unspecified atom stereocenters. The lowest BCUT2D eigenvalue weighted by Crippen LogP contribution is -2.59. The first kappa shape index (κ1) is 19.9. The van der Waals surface area contributed by atoms with Gasteiger partial charge in [0.2, 0.25) is 17.7 Å². The summed E-state index contributed by atoms with van der Waals surface area (Å²) in [6.07, 6.45) is 2.27. The summed E-state index contributed by atoms with van der Waals surface area (Å²) in [5.74, 6) is 2.71. The number of aryl methyl sites for hydroxylation is 1. The van der Waals surface area contributed by atoms with E-state index < -0.39 is 0 Å². The number of rotatable bonds is 6. The zero-order chi connectivity index (χ0) is 20.6. The van der Waals surface area contributed by atoms with E-state index in [1.165, 1.54) is 0 Å². The van der Waals surface area contributed by atoms with Crippen molar-refractivity contribution in [2.75, 3.05) is 33.8 Å². The van der Waals surface area contributed by atoms with Gasteiger partial charge >= 0.3 is 0 Å². The van der Waals surface area contributed by atoms with Crippen LogP contribution in [0, 0.1) is 5.41 Å². The molecule has 1 atom stereocenters. The molecule has 0 radical (unpaired) electrons. The highest BCUT2D eigenvalue weighted by atomic mass is 16.5. The van der Waals surface area contributed by atoms with Crippen molar-refractivity contribution in [3.63, 3.8) is 0 Å². The molecule has 1 aromatic heterocycles. The topological polar surface area (TPSA) is 71.7 Å². The zero-order valence-corrected chi connectivity index (χ0v) is 17.7. The second kappa shape index (κ2) is 7.78. The summed E-state index contributed by atoms with van der Waals surface area (Å²) < 4.78 is 11.1. The quantitative estimate of drug-likeness (QED) is 0.745. The van der Waals surface area contributed by atoms with E-state index in [9.17, 15) is 4.79 Å². The molecule has 0 N–H and O–H groups in total. The molecule has 0 aliphatic carbocycles. The highest BCUT2D eigenvalue weighted by molar-refractivity contribution is 5.77. The number of aromatic nitrogens is 2. The average molecular weight is 399 g/mol. The molecule has 1 aromatic carbocycles. The van der Waals surface area contributed by atoms with Gasteiger partial charge in [-0.1, -0.05) is 26.0 Å². The molecule has 0 bridgehead atoms. The maximum Gasteiger partial charge on any atom is 0.233 e. The lowest BCUT2D eigenvalue weighted by Gasteiger charge is -2.48. The van der Waals surface area contributed by atoms with Crippen molar-refractivity contribution in [1.82, 2.24) is 20.0 Å². The van der Waals surface area contributed by atoms with E-state index >= 15 is 0 Å². The Hall–Kier alpha value is -2.41. The largest absolute Gasteiger partial charge is 0.497 e. The van der Waals surface area contributed by atoms with Gasteiger partial charge in [0.1, 0.15) is 5.75 Å². The third-order valence-corrected chi connectivity index (χ3v) is 6.17. The van der Waals surface area contributed by atoms with E-state index in [-0.39, 0.29) is 23.3 Å². The third-order valence-electron chi connectivity index (χ3n) is 6.17. The second-order valence-corrected chi connectivity index (χ2v) is 8.87. The van der Waals surface area contributed by atoms with E-state index in [2.05, 4.69) is 36.0 Å². The summed E-state index contributed by atoms with van der Waals surface area (Å²) in [4.78, 5) is 16.9. The first-order valence-electron chi connectivity index (χ1n) is 10.3. The van der Waals surface area contributed by atoms with Crippen LogP contribution in [0.3, 0.4) is 0 Å². The molecule has 2 fully saturated rings. The molecule has 4 rings (SSSR count). The Labute approximate surface area is 172 Å². The molecule has 2 aliphatic heterocycles. The van der Waals surface area contributed by atoms with E-state index in [1.807, 2.05) is 29.2 Å². The van der Waals surface area contributed by atoms with Crippen molar-refractivity contribution in [2.45, 2.75) is 45.1 Å². The number of benzene rings is 1. The van der Waals surface area contributed by atoms with Crippen LogP contribution in [-0.4, -0.2) is 59.7 Å². The highest BCUT2D eigenvalue weighted by Gasteiger charge is 2.53. The molecule has 2 aromatic rings. The maximum atomic E-state index is 12.6. The monoisotopic (exact) mass is 398 g/mol. The predicted molar refractivity (Wildman–Crippen MR) is 109 cm³/mol. The van der Waals surface area contributed by atoms with Gasteiger partial charge < -0.3 is 14.1 Å². The van der Waals surface area contributed by atoms with Gasteiger partial charge in [-0.15, -0.1) is 10.2 Å². The summed E-state index contributed by atoms with van der Waals surface area (Å²) in [6.45, 7) is 6.71. The van der Waals surface area contributed by atoms with Crippen LogP contribution in [-0.2, 0) is 11.2 Å². The number of carbonyl (C=O) groups excluding carboxylic acids is 1. The minimum Gasteiger partial charge on any atom is -0.497 e. The van der Waals surface area contributed by atoms with Crippen LogP contribution < -0.4 is 4.74 Å². The van der Waals surface area contributed by atoms with Crippen LogP contribution in [0.2, 0.25) is 0 Å². The standard InChI is InChI=1S/C22H30N4O3/c1-15(2)20-23-24-21(29-20)18-11-22(12-25(18)3)13-26(14-22)19(27)10-7-16-5-8-17(28-4)9-6-16/h5-6,8-9,15,18H,7,10-14H2,1-4H3. The molecule has 3 heterocycles. The number of carbonyl (C=O) groups is 1. The van der Waals surface area contributed by atoms with Gasteiger partial charge in [-0.25, -0.2) is 0 Å². The van der Waals surface area contributed by atoms with Gasteiger partial charge in [0, 0.05) is 37.4 Å². The van der Waals surface area contributed by atoms with E-state index in [0.717, 1.165) is 43.8 Å². The van der Waals surface area contributed by atoms with Crippen LogP contribution in [0.5, 0.6) is 5.75 Å². The number of likely N-dealkylation sites (tertiary alicyclic amines) is 2. The fraction of sp³-hybridized carbons (Fsp3) is 0.591. The van der Waals surface area contributed by atoms with Crippen molar-refractivity contribution >= 4 is 5.91 Å². The van der Waals surface area contributed by atoms with E-state index in [4.69, 9.17) is 9.15 Å². The van der Waals surface area contributed by atoms with Gasteiger partial charge in [0.25, 0.3) is 0 Å². The Bertz CT molecular complexity index is 855.